The Morgan fingerprint density at radius 1 is 0.206 bits per heavy atom. The molecule has 0 unspecified atom stereocenters. The molecule has 34 heavy (non-hydrogen) atoms. The van der Waals surface area contributed by atoms with Gasteiger partial charge >= 0.3 is 0 Å². The van der Waals surface area contributed by atoms with Crippen LogP contribution in [0.1, 0.15) is 0 Å². The highest BCUT2D eigenvalue weighted by molar-refractivity contribution is 6.27. The summed E-state index contributed by atoms with van der Waals surface area (Å²) in [5.74, 6) is 0. The number of benzene rings is 8. The maximum Gasteiger partial charge on any atom is -0.00926 e. The predicted octanol–water partition coefficient (Wildman–Crippen LogP) is 9.76. The SMILES string of the molecule is c1ccc2c(c1)ccc1cc3cc4cc5c6ccccc6c6ccccc6c5cc4cc3cc12. The van der Waals surface area contributed by atoms with Gasteiger partial charge in [0.25, 0.3) is 0 Å². The second-order valence-electron chi connectivity index (χ2n) is 9.40. The zero-order valence-corrected chi connectivity index (χ0v) is 18.5. The molecule has 0 aliphatic rings. The number of hydrogen-bond acceptors (Lipinski definition) is 0. The monoisotopic (exact) mass is 428 g/mol. The van der Waals surface area contributed by atoms with Crippen molar-refractivity contribution in [3.8, 4) is 0 Å². The Morgan fingerprint density at radius 2 is 0.588 bits per heavy atom. The van der Waals surface area contributed by atoms with Gasteiger partial charge in [0.15, 0.2) is 0 Å². The fourth-order valence-electron chi connectivity index (χ4n) is 5.91. The summed E-state index contributed by atoms with van der Waals surface area (Å²) in [6, 6.07) is 45.0. The fourth-order valence-corrected chi connectivity index (χ4v) is 5.91. The minimum atomic E-state index is 1.29. The molecule has 0 aliphatic carbocycles. The maximum absolute atomic E-state index is 2.40. The van der Waals surface area contributed by atoms with Crippen molar-refractivity contribution < 1.29 is 0 Å². The molecule has 0 amide bonds. The smallest absolute Gasteiger partial charge is 0.00926 e. The zero-order valence-electron chi connectivity index (χ0n) is 18.5. The van der Waals surface area contributed by atoms with Crippen molar-refractivity contribution >= 4 is 75.4 Å². The summed E-state index contributed by atoms with van der Waals surface area (Å²) >= 11 is 0. The van der Waals surface area contributed by atoms with Crippen LogP contribution in [0.2, 0.25) is 0 Å². The molecule has 156 valence electrons. The van der Waals surface area contributed by atoms with Crippen molar-refractivity contribution in [1.29, 1.82) is 0 Å². The van der Waals surface area contributed by atoms with E-state index in [4.69, 9.17) is 0 Å². The molecule has 0 N–H and O–H groups in total. The van der Waals surface area contributed by atoms with Gasteiger partial charge in [0.05, 0.1) is 0 Å². The van der Waals surface area contributed by atoms with Crippen LogP contribution in [0.3, 0.4) is 0 Å². The lowest BCUT2D eigenvalue weighted by atomic mass is 9.91. The molecule has 0 heteroatoms. The van der Waals surface area contributed by atoms with Crippen LogP contribution in [0.4, 0.5) is 0 Å². The lowest BCUT2D eigenvalue weighted by Crippen LogP contribution is -1.85. The third kappa shape index (κ3) is 2.43. The normalized spacial score (nSPS) is 12.1. The van der Waals surface area contributed by atoms with E-state index < -0.39 is 0 Å². The van der Waals surface area contributed by atoms with Crippen molar-refractivity contribution in [3.63, 3.8) is 0 Å². The Labute approximate surface area is 196 Å². The first-order valence-electron chi connectivity index (χ1n) is 11.9. The van der Waals surface area contributed by atoms with Crippen molar-refractivity contribution in [3.05, 3.63) is 121 Å². The number of rotatable bonds is 0. The first kappa shape index (κ1) is 18.1. The van der Waals surface area contributed by atoms with E-state index in [0.29, 0.717) is 0 Å². The van der Waals surface area contributed by atoms with Gasteiger partial charge in [0, 0.05) is 0 Å². The van der Waals surface area contributed by atoms with Crippen LogP contribution < -0.4 is 0 Å². The standard InChI is InChI=1S/C34H20/c1-2-8-27-21(7-1)13-14-22-15-23-16-25-19-33-30-11-5-3-9-28(30)29-10-4-6-12-31(29)34(33)20-26(25)17-24(23)18-32(22)27/h1-20H. The molecule has 0 heterocycles. The minimum Gasteiger partial charge on any atom is -0.0616 e. The first-order valence-corrected chi connectivity index (χ1v) is 11.9. The van der Waals surface area contributed by atoms with E-state index in [1.165, 1.54) is 75.4 Å². The van der Waals surface area contributed by atoms with Crippen molar-refractivity contribution in [2.45, 2.75) is 0 Å². The molecular weight excluding hydrogens is 408 g/mol. The minimum absolute atomic E-state index is 1.29. The molecule has 0 fully saturated rings. The van der Waals surface area contributed by atoms with E-state index in [0.717, 1.165) is 0 Å². The summed E-state index contributed by atoms with van der Waals surface area (Å²) in [6.45, 7) is 0. The second-order valence-corrected chi connectivity index (χ2v) is 9.40. The number of fused-ring (bicyclic) bond motifs is 11. The third-order valence-electron chi connectivity index (χ3n) is 7.52. The molecular formula is C34H20. The van der Waals surface area contributed by atoms with Crippen LogP contribution in [0.15, 0.2) is 121 Å². The summed E-state index contributed by atoms with van der Waals surface area (Å²) in [6.07, 6.45) is 0. The van der Waals surface area contributed by atoms with Crippen molar-refractivity contribution in [1.82, 2.24) is 0 Å². The summed E-state index contributed by atoms with van der Waals surface area (Å²) in [7, 11) is 0. The van der Waals surface area contributed by atoms with Gasteiger partial charge in [0.2, 0.25) is 0 Å². The van der Waals surface area contributed by atoms with E-state index >= 15 is 0 Å². The largest absolute Gasteiger partial charge is 0.0616 e. The highest BCUT2D eigenvalue weighted by Crippen LogP contribution is 2.38. The van der Waals surface area contributed by atoms with Crippen molar-refractivity contribution in [2.24, 2.45) is 0 Å². The Balaban J connectivity index is 1.53. The molecule has 0 radical (unpaired) electrons. The zero-order chi connectivity index (χ0) is 22.2. The lowest BCUT2D eigenvalue weighted by molar-refractivity contribution is 1.78. The summed E-state index contributed by atoms with van der Waals surface area (Å²) in [5.41, 5.74) is 0. The van der Waals surface area contributed by atoms with Gasteiger partial charge in [-0.05, 0) is 112 Å². The Hall–Kier alpha value is -4.42. The van der Waals surface area contributed by atoms with E-state index in [9.17, 15) is 0 Å². The van der Waals surface area contributed by atoms with Crippen LogP contribution >= 0.6 is 0 Å². The van der Waals surface area contributed by atoms with Crippen LogP contribution in [0.5, 0.6) is 0 Å². The maximum atomic E-state index is 2.40. The van der Waals surface area contributed by atoms with Gasteiger partial charge in [-0.2, -0.15) is 0 Å². The highest BCUT2D eigenvalue weighted by Gasteiger charge is 2.10. The Morgan fingerprint density at radius 3 is 1.18 bits per heavy atom. The summed E-state index contributed by atoms with van der Waals surface area (Å²) in [4.78, 5) is 0. The molecule has 8 aromatic rings. The molecule has 0 bridgehead atoms. The molecule has 0 aliphatic heterocycles. The average Bonchev–Trinajstić information content (AvgIpc) is 2.90. The first-order chi connectivity index (χ1) is 16.8. The van der Waals surface area contributed by atoms with Crippen LogP contribution in [0, 0.1) is 0 Å². The number of hydrogen-bond donors (Lipinski definition) is 0. The molecule has 0 saturated heterocycles. The molecule has 0 nitrogen and oxygen atoms in total. The van der Waals surface area contributed by atoms with Crippen LogP contribution in [-0.4, -0.2) is 0 Å². The van der Waals surface area contributed by atoms with E-state index in [-0.39, 0.29) is 0 Å². The van der Waals surface area contributed by atoms with Gasteiger partial charge in [-0.25, -0.2) is 0 Å². The molecule has 0 saturated carbocycles. The summed E-state index contributed by atoms with van der Waals surface area (Å²) in [5, 5.41) is 18.3. The van der Waals surface area contributed by atoms with Gasteiger partial charge in [0.1, 0.15) is 0 Å². The fraction of sp³-hybridized carbons (Fsp3) is 0. The second kappa shape index (κ2) is 6.56. The average molecular weight is 429 g/mol. The topological polar surface area (TPSA) is 0 Å². The van der Waals surface area contributed by atoms with Gasteiger partial charge in [-0.3, -0.25) is 0 Å². The molecule has 0 spiro atoms. The van der Waals surface area contributed by atoms with Gasteiger partial charge in [-0.1, -0.05) is 84.9 Å². The quantitative estimate of drug-likeness (QED) is 0.166. The third-order valence-corrected chi connectivity index (χ3v) is 7.52. The van der Waals surface area contributed by atoms with Crippen molar-refractivity contribution in [2.75, 3.05) is 0 Å². The Kier molecular flexibility index (Phi) is 3.48. The highest BCUT2D eigenvalue weighted by atomic mass is 14.1. The van der Waals surface area contributed by atoms with E-state index in [1.807, 2.05) is 0 Å². The predicted molar refractivity (Wildman–Crippen MR) is 149 cm³/mol. The van der Waals surface area contributed by atoms with Gasteiger partial charge < -0.3 is 0 Å². The lowest BCUT2D eigenvalue weighted by Gasteiger charge is -2.13. The summed E-state index contributed by atoms with van der Waals surface area (Å²) < 4.78 is 0. The van der Waals surface area contributed by atoms with E-state index in [1.54, 1.807) is 0 Å². The molecule has 8 rings (SSSR count). The van der Waals surface area contributed by atoms with Crippen LogP contribution in [0.25, 0.3) is 75.4 Å². The molecule has 0 atom stereocenters. The molecule has 0 aromatic heterocycles. The Bertz CT molecular complexity index is 2110. The molecule has 8 aromatic carbocycles. The van der Waals surface area contributed by atoms with Crippen LogP contribution in [-0.2, 0) is 0 Å². The van der Waals surface area contributed by atoms with E-state index in [2.05, 4.69) is 121 Å². The van der Waals surface area contributed by atoms with Gasteiger partial charge in [-0.15, -0.1) is 0 Å².